The summed E-state index contributed by atoms with van der Waals surface area (Å²) in [6.45, 7) is 2.10. The van der Waals surface area contributed by atoms with Crippen LogP contribution in [0.25, 0.3) is 32.9 Å². The molecule has 1 heteroatoms. The first kappa shape index (κ1) is 11.3. The molecule has 0 bridgehead atoms. The summed E-state index contributed by atoms with van der Waals surface area (Å²) < 4.78 is 5.74. The first-order valence-corrected chi connectivity index (χ1v) is 6.79. The maximum absolute atomic E-state index is 5.74. The number of hydrogen-bond donors (Lipinski definition) is 0. The van der Waals surface area contributed by atoms with E-state index in [4.69, 9.17) is 4.42 Å². The second kappa shape index (κ2) is 4.24. The van der Waals surface area contributed by atoms with Gasteiger partial charge in [-0.15, -0.1) is 0 Å². The third-order valence-corrected chi connectivity index (χ3v) is 3.83. The summed E-state index contributed by atoms with van der Waals surface area (Å²) in [6, 6.07) is 21.2. The molecule has 3 aromatic carbocycles. The summed E-state index contributed by atoms with van der Waals surface area (Å²) in [4.78, 5) is 0. The fraction of sp³-hybridized carbons (Fsp3) is 0.0526. The third-order valence-electron chi connectivity index (χ3n) is 3.83. The van der Waals surface area contributed by atoms with Crippen molar-refractivity contribution >= 4 is 21.7 Å². The second-order valence-electron chi connectivity index (χ2n) is 5.18. The van der Waals surface area contributed by atoms with Crippen LogP contribution in [0.5, 0.6) is 0 Å². The Morgan fingerprint density at radius 2 is 1.60 bits per heavy atom. The lowest BCUT2D eigenvalue weighted by Gasteiger charge is -2.03. The fourth-order valence-corrected chi connectivity index (χ4v) is 2.75. The minimum absolute atomic E-state index is 0.944. The Labute approximate surface area is 117 Å². The molecule has 1 heterocycles. The Morgan fingerprint density at radius 1 is 0.800 bits per heavy atom. The van der Waals surface area contributed by atoms with Crippen molar-refractivity contribution in [2.45, 2.75) is 6.92 Å². The molecular weight excluding hydrogens is 244 g/mol. The van der Waals surface area contributed by atoms with Gasteiger partial charge in [-0.3, -0.25) is 0 Å². The van der Waals surface area contributed by atoms with Gasteiger partial charge in [0.15, 0.2) is 0 Å². The Bertz CT molecular complexity index is 898. The van der Waals surface area contributed by atoms with Crippen molar-refractivity contribution in [1.82, 2.24) is 0 Å². The molecule has 0 atom stereocenters. The van der Waals surface area contributed by atoms with E-state index in [0.717, 1.165) is 11.1 Å². The zero-order valence-corrected chi connectivity index (χ0v) is 11.3. The summed E-state index contributed by atoms with van der Waals surface area (Å²) in [5.41, 5.74) is 4.58. The summed E-state index contributed by atoms with van der Waals surface area (Å²) in [7, 11) is 0. The molecule has 0 aliphatic carbocycles. The topological polar surface area (TPSA) is 13.1 Å². The standard InChI is InChI=1S/C19H14O/c1-13-6-8-15(9-7-13)17-12-20-18-11-10-14-4-2-3-5-16(14)19(17)18/h2-12H,1H3. The SMILES string of the molecule is Cc1ccc(-c2coc3ccc4ccccc4c23)cc1. The van der Waals surface area contributed by atoms with Gasteiger partial charge in [-0.1, -0.05) is 60.2 Å². The molecule has 0 amide bonds. The molecule has 0 aliphatic heterocycles. The Balaban J connectivity index is 2.09. The number of furan rings is 1. The first-order chi connectivity index (χ1) is 9.83. The van der Waals surface area contributed by atoms with Crippen LogP contribution in [0.3, 0.4) is 0 Å². The van der Waals surface area contributed by atoms with Gasteiger partial charge in [0.05, 0.1) is 6.26 Å². The van der Waals surface area contributed by atoms with E-state index in [1.807, 2.05) is 6.26 Å². The molecule has 4 rings (SSSR count). The lowest BCUT2D eigenvalue weighted by Crippen LogP contribution is -1.79. The van der Waals surface area contributed by atoms with E-state index >= 15 is 0 Å². The van der Waals surface area contributed by atoms with Crippen LogP contribution in [0.4, 0.5) is 0 Å². The van der Waals surface area contributed by atoms with Crippen LogP contribution in [-0.4, -0.2) is 0 Å². The van der Waals surface area contributed by atoms with Crippen molar-refractivity contribution in [2.75, 3.05) is 0 Å². The minimum atomic E-state index is 0.944. The zero-order chi connectivity index (χ0) is 13.5. The average Bonchev–Trinajstić information content (AvgIpc) is 2.92. The average molecular weight is 258 g/mol. The maximum Gasteiger partial charge on any atom is 0.135 e. The molecule has 0 N–H and O–H groups in total. The Kier molecular flexibility index (Phi) is 2.40. The van der Waals surface area contributed by atoms with Gasteiger partial charge in [-0.25, -0.2) is 0 Å². The van der Waals surface area contributed by atoms with E-state index in [1.165, 1.54) is 27.3 Å². The molecule has 0 saturated heterocycles. The lowest BCUT2D eigenvalue weighted by molar-refractivity contribution is 0.617. The highest BCUT2D eigenvalue weighted by Crippen LogP contribution is 2.35. The molecular formula is C19H14O. The highest BCUT2D eigenvalue weighted by Gasteiger charge is 2.11. The van der Waals surface area contributed by atoms with Crippen molar-refractivity contribution in [3.63, 3.8) is 0 Å². The smallest absolute Gasteiger partial charge is 0.135 e. The molecule has 1 nitrogen and oxygen atoms in total. The van der Waals surface area contributed by atoms with E-state index in [2.05, 4.69) is 67.6 Å². The second-order valence-corrected chi connectivity index (χ2v) is 5.18. The zero-order valence-electron chi connectivity index (χ0n) is 11.3. The van der Waals surface area contributed by atoms with Gasteiger partial charge in [0.2, 0.25) is 0 Å². The van der Waals surface area contributed by atoms with Gasteiger partial charge >= 0.3 is 0 Å². The molecule has 0 aliphatic rings. The summed E-state index contributed by atoms with van der Waals surface area (Å²) in [6.07, 6.45) is 1.86. The van der Waals surface area contributed by atoms with Gasteiger partial charge in [0, 0.05) is 10.9 Å². The highest BCUT2D eigenvalue weighted by atomic mass is 16.3. The van der Waals surface area contributed by atoms with Crippen LogP contribution >= 0.6 is 0 Å². The quantitative estimate of drug-likeness (QED) is 0.435. The van der Waals surface area contributed by atoms with Gasteiger partial charge in [-0.05, 0) is 29.3 Å². The summed E-state index contributed by atoms with van der Waals surface area (Å²) in [5, 5.41) is 3.69. The van der Waals surface area contributed by atoms with Crippen LogP contribution in [0.2, 0.25) is 0 Å². The third kappa shape index (κ3) is 1.64. The van der Waals surface area contributed by atoms with Gasteiger partial charge in [-0.2, -0.15) is 0 Å². The fourth-order valence-electron chi connectivity index (χ4n) is 2.75. The van der Waals surface area contributed by atoms with E-state index in [9.17, 15) is 0 Å². The molecule has 4 aromatic rings. The predicted molar refractivity (Wildman–Crippen MR) is 83.9 cm³/mol. The molecule has 20 heavy (non-hydrogen) atoms. The van der Waals surface area contributed by atoms with E-state index in [1.54, 1.807) is 0 Å². The molecule has 0 radical (unpaired) electrons. The monoisotopic (exact) mass is 258 g/mol. The van der Waals surface area contributed by atoms with Crippen LogP contribution in [0.1, 0.15) is 5.56 Å². The molecule has 0 fully saturated rings. The van der Waals surface area contributed by atoms with Crippen LogP contribution in [0, 0.1) is 6.92 Å². The van der Waals surface area contributed by atoms with Gasteiger partial charge in [0.25, 0.3) is 0 Å². The Hall–Kier alpha value is -2.54. The largest absolute Gasteiger partial charge is 0.464 e. The van der Waals surface area contributed by atoms with Crippen LogP contribution in [0.15, 0.2) is 71.3 Å². The van der Waals surface area contributed by atoms with Crippen molar-refractivity contribution in [3.8, 4) is 11.1 Å². The number of rotatable bonds is 1. The summed E-state index contributed by atoms with van der Waals surface area (Å²) in [5.74, 6) is 0. The number of benzene rings is 3. The van der Waals surface area contributed by atoms with Crippen molar-refractivity contribution in [3.05, 3.63) is 72.5 Å². The minimum Gasteiger partial charge on any atom is -0.464 e. The molecule has 0 saturated carbocycles. The van der Waals surface area contributed by atoms with E-state index < -0.39 is 0 Å². The molecule has 1 aromatic heterocycles. The number of hydrogen-bond acceptors (Lipinski definition) is 1. The van der Waals surface area contributed by atoms with Crippen molar-refractivity contribution in [2.24, 2.45) is 0 Å². The van der Waals surface area contributed by atoms with Gasteiger partial charge < -0.3 is 4.42 Å². The predicted octanol–water partition coefficient (Wildman–Crippen LogP) is 5.56. The molecule has 96 valence electrons. The molecule has 0 unspecified atom stereocenters. The van der Waals surface area contributed by atoms with E-state index in [0.29, 0.717) is 0 Å². The van der Waals surface area contributed by atoms with Crippen molar-refractivity contribution in [1.29, 1.82) is 0 Å². The maximum atomic E-state index is 5.74. The van der Waals surface area contributed by atoms with Gasteiger partial charge in [0.1, 0.15) is 5.58 Å². The van der Waals surface area contributed by atoms with E-state index in [-0.39, 0.29) is 0 Å². The highest BCUT2D eigenvalue weighted by molar-refractivity contribution is 6.12. The normalized spacial score (nSPS) is 11.2. The Morgan fingerprint density at radius 3 is 2.45 bits per heavy atom. The number of fused-ring (bicyclic) bond motifs is 3. The summed E-state index contributed by atoms with van der Waals surface area (Å²) >= 11 is 0. The van der Waals surface area contributed by atoms with Crippen LogP contribution < -0.4 is 0 Å². The molecule has 0 spiro atoms. The van der Waals surface area contributed by atoms with Crippen LogP contribution in [-0.2, 0) is 0 Å². The number of aryl methyl sites for hydroxylation is 1. The first-order valence-electron chi connectivity index (χ1n) is 6.79. The van der Waals surface area contributed by atoms with Crippen molar-refractivity contribution < 1.29 is 4.42 Å². The lowest BCUT2D eigenvalue weighted by atomic mass is 9.99.